The van der Waals surface area contributed by atoms with Crippen molar-refractivity contribution in [2.75, 3.05) is 37.6 Å². The van der Waals surface area contributed by atoms with Crippen LogP contribution in [0.3, 0.4) is 0 Å². The first-order valence-electron chi connectivity index (χ1n) is 11.1. The van der Waals surface area contributed by atoms with Crippen LogP contribution in [0.2, 0.25) is 0 Å². The zero-order valence-corrected chi connectivity index (χ0v) is 18.3. The molecule has 3 aromatic heterocycles. The minimum absolute atomic E-state index is 0.142. The Labute approximate surface area is 184 Å². The predicted molar refractivity (Wildman–Crippen MR) is 126 cm³/mol. The normalized spacial score (nSPS) is 17.0. The van der Waals surface area contributed by atoms with Crippen molar-refractivity contribution in [3.63, 3.8) is 0 Å². The van der Waals surface area contributed by atoms with Gasteiger partial charge in [0, 0.05) is 55.7 Å². The molecule has 1 fully saturated rings. The lowest BCUT2D eigenvalue weighted by molar-refractivity contribution is 0.246. The maximum absolute atomic E-state index is 13.1. The Kier molecular flexibility index (Phi) is 4.73. The highest BCUT2D eigenvalue weighted by atomic mass is 32.1. The number of hydrogen-bond acceptors (Lipinski definition) is 6. The van der Waals surface area contributed by atoms with Crippen LogP contribution in [0.15, 0.2) is 47.7 Å². The van der Waals surface area contributed by atoms with Gasteiger partial charge < -0.3 is 4.90 Å². The second-order valence-electron chi connectivity index (χ2n) is 8.46. The molecule has 4 aromatic rings. The van der Waals surface area contributed by atoms with E-state index in [1.807, 2.05) is 10.8 Å². The number of benzene rings is 1. The first-order chi connectivity index (χ1) is 15.3. The summed E-state index contributed by atoms with van der Waals surface area (Å²) in [5.74, 6) is 1.08. The van der Waals surface area contributed by atoms with E-state index in [2.05, 4.69) is 50.1 Å². The van der Waals surface area contributed by atoms with Gasteiger partial charge >= 0.3 is 0 Å². The van der Waals surface area contributed by atoms with E-state index in [1.54, 1.807) is 17.7 Å². The fraction of sp³-hybridized carbons (Fsp3) is 0.375. The van der Waals surface area contributed by atoms with E-state index in [9.17, 15) is 4.79 Å². The fourth-order valence-electron chi connectivity index (χ4n) is 4.97. The van der Waals surface area contributed by atoms with Gasteiger partial charge in [-0.25, -0.2) is 9.97 Å². The number of piperazine rings is 1. The third-order valence-electron chi connectivity index (χ3n) is 6.67. The molecule has 0 saturated carbocycles. The Morgan fingerprint density at radius 3 is 2.74 bits per heavy atom. The molecule has 1 saturated heterocycles. The monoisotopic (exact) mass is 431 g/mol. The van der Waals surface area contributed by atoms with Gasteiger partial charge in [0.1, 0.15) is 10.6 Å². The second-order valence-corrected chi connectivity index (χ2v) is 9.55. The van der Waals surface area contributed by atoms with Crippen molar-refractivity contribution in [3.05, 3.63) is 63.7 Å². The average molecular weight is 432 g/mol. The SMILES string of the molecule is O=c1c2c3c(sc2ncn1CCN1CCN(c2nccc4ccccc24)CC1)CCC3. The number of aromatic nitrogens is 3. The Hall–Kier alpha value is -2.77. The zero-order valence-electron chi connectivity index (χ0n) is 17.5. The summed E-state index contributed by atoms with van der Waals surface area (Å²) >= 11 is 1.71. The Morgan fingerprint density at radius 2 is 1.84 bits per heavy atom. The molecular weight excluding hydrogens is 406 g/mol. The summed E-state index contributed by atoms with van der Waals surface area (Å²) < 4.78 is 1.81. The molecule has 0 bridgehead atoms. The molecule has 1 aliphatic carbocycles. The zero-order chi connectivity index (χ0) is 20.8. The molecule has 1 aromatic carbocycles. The number of anilines is 1. The number of nitrogens with zero attached hydrogens (tertiary/aromatic N) is 5. The molecular formula is C24H25N5OS. The summed E-state index contributed by atoms with van der Waals surface area (Å²) in [7, 11) is 0. The van der Waals surface area contributed by atoms with E-state index in [4.69, 9.17) is 0 Å². The molecule has 2 aliphatic rings. The highest BCUT2D eigenvalue weighted by Crippen LogP contribution is 2.34. The van der Waals surface area contributed by atoms with Gasteiger partial charge in [0.2, 0.25) is 0 Å². The molecule has 0 amide bonds. The van der Waals surface area contributed by atoms with Gasteiger partial charge in [-0.05, 0) is 36.3 Å². The van der Waals surface area contributed by atoms with Crippen molar-refractivity contribution in [2.45, 2.75) is 25.8 Å². The minimum atomic E-state index is 0.142. The molecule has 0 spiro atoms. The molecule has 158 valence electrons. The van der Waals surface area contributed by atoms with Crippen LogP contribution < -0.4 is 10.5 Å². The number of thiophene rings is 1. The molecule has 0 N–H and O–H groups in total. The van der Waals surface area contributed by atoms with Crippen molar-refractivity contribution in [1.29, 1.82) is 0 Å². The highest BCUT2D eigenvalue weighted by molar-refractivity contribution is 7.18. The van der Waals surface area contributed by atoms with Gasteiger partial charge in [-0.3, -0.25) is 14.3 Å². The topological polar surface area (TPSA) is 54.3 Å². The van der Waals surface area contributed by atoms with Crippen LogP contribution in [0.25, 0.3) is 21.0 Å². The quantitative estimate of drug-likeness (QED) is 0.496. The number of fused-ring (bicyclic) bond motifs is 4. The molecule has 0 atom stereocenters. The third-order valence-corrected chi connectivity index (χ3v) is 7.87. The van der Waals surface area contributed by atoms with Crippen molar-refractivity contribution in [1.82, 2.24) is 19.4 Å². The maximum Gasteiger partial charge on any atom is 0.262 e. The second kappa shape index (κ2) is 7.73. The lowest BCUT2D eigenvalue weighted by Gasteiger charge is -2.35. The molecule has 0 radical (unpaired) electrons. The predicted octanol–water partition coefficient (Wildman–Crippen LogP) is 3.32. The average Bonchev–Trinajstić information content (AvgIpc) is 3.40. The highest BCUT2D eigenvalue weighted by Gasteiger charge is 2.22. The Balaban J connectivity index is 1.14. The fourth-order valence-corrected chi connectivity index (χ4v) is 6.19. The van der Waals surface area contributed by atoms with Crippen molar-refractivity contribution >= 4 is 38.1 Å². The summed E-state index contributed by atoms with van der Waals surface area (Å²) in [4.78, 5) is 29.5. The van der Waals surface area contributed by atoms with Crippen LogP contribution in [0.1, 0.15) is 16.9 Å². The van der Waals surface area contributed by atoms with E-state index in [0.717, 1.165) is 61.6 Å². The Bertz CT molecular complexity index is 1310. The molecule has 31 heavy (non-hydrogen) atoms. The largest absolute Gasteiger partial charge is 0.354 e. The van der Waals surface area contributed by atoms with Gasteiger partial charge in [-0.2, -0.15) is 0 Å². The summed E-state index contributed by atoms with van der Waals surface area (Å²) in [6, 6.07) is 10.5. The third kappa shape index (κ3) is 3.32. The summed E-state index contributed by atoms with van der Waals surface area (Å²) in [6.07, 6.45) is 6.95. The van der Waals surface area contributed by atoms with Crippen LogP contribution in [0.4, 0.5) is 5.82 Å². The molecule has 0 unspecified atom stereocenters. The van der Waals surface area contributed by atoms with Crippen molar-refractivity contribution < 1.29 is 0 Å². The number of rotatable bonds is 4. The van der Waals surface area contributed by atoms with Crippen molar-refractivity contribution in [3.8, 4) is 0 Å². The van der Waals surface area contributed by atoms with E-state index >= 15 is 0 Å². The number of aryl methyl sites for hydroxylation is 2. The van der Waals surface area contributed by atoms with Crippen LogP contribution in [-0.4, -0.2) is 52.2 Å². The van der Waals surface area contributed by atoms with Crippen LogP contribution >= 0.6 is 11.3 Å². The van der Waals surface area contributed by atoms with E-state index in [-0.39, 0.29) is 5.56 Å². The summed E-state index contributed by atoms with van der Waals surface area (Å²) in [5.41, 5.74) is 1.41. The van der Waals surface area contributed by atoms with Crippen LogP contribution in [0.5, 0.6) is 0 Å². The minimum Gasteiger partial charge on any atom is -0.354 e. The first kappa shape index (κ1) is 19.0. The van der Waals surface area contributed by atoms with Gasteiger partial charge in [-0.1, -0.05) is 24.3 Å². The molecule has 6 rings (SSSR count). The lowest BCUT2D eigenvalue weighted by atomic mass is 10.1. The smallest absolute Gasteiger partial charge is 0.262 e. The Morgan fingerprint density at radius 1 is 0.968 bits per heavy atom. The summed E-state index contributed by atoms with van der Waals surface area (Å²) in [5, 5.41) is 3.33. The molecule has 7 heteroatoms. The van der Waals surface area contributed by atoms with Gasteiger partial charge in [0.15, 0.2) is 0 Å². The maximum atomic E-state index is 13.1. The number of pyridine rings is 1. The van der Waals surface area contributed by atoms with Crippen LogP contribution in [-0.2, 0) is 19.4 Å². The van der Waals surface area contributed by atoms with Gasteiger partial charge in [0.25, 0.3) is 5.56 Å². The lowest BCUT2D eigenvalue weighted by Crippen LogP contribution is -2.47. The molecule has 6 nitrogen and oxygen atoms in total. The summed E-state index contributed by atoms with van der Waals surface area (Å²) in [6.45, 7) is 5.41. The van der Waals surface area contributed by atoms with E-state index in [0.29, 0.717) is 6.54 Å². The van der Waals surface area contributed by atoms with Gasteiger partial charge in [-0.15, -0.1) is 11.3 Å². The van der Waals surface area contributed by atoms with Gasteiger partial charge in [0.05, 0.1) is 11.7 Å². The van der Waals surface area contributed by atoms with E-state index in [1.165, 1.54) is 27.6 Å². The van der Waals surface area contributed by atoms with Crippen LogP contribution in [0, 0.1) is 0 Å². The number of hydrogen-bond donors (Lipinski definition) is 0. The standard InChI is InChI=1S/C24H25N5OS/c30-24-21-19-6-3-7-20(19)31-23(21)26-16-29(24)15-12-27-10-13-28(14-11-27)22-18-5-2-1-4-17(18)8-9-25-22/h1-2,4-5,8-9,16H,3,6-7,10-15H2. The molecule has 4 heterocycles. The van der Waals surface area contributed by atoms with E-state index < -0.39 is 0 Å². The first-order valence-corrected chi connectivity index (χ1v) is 11.9. The van der Waals surface area contributed by atoms with Crippen molar-refractivity contribution in [2.24, 2.45) is 0 Å². The molecule has 1 aliphatic heterocycles.